The number of hydrogen-bond acceptors (Lipinski definition) is 4. The first-order chi connectivity index (χ1) is 5.86. The third-order valence-corrected chi connectivity index (χ3v) is 2.15. The zero-order chi connectivity index (χ0) is 8.39. The van der Waals surface area contributed by atoms with E-state index in [1.165, 1.54) is 6.33 Å². The van der Waals surface area contributed by atoms with Gasteiger partial charge >= 0.3 is 0 Å². The van der Waals surface area contributed by atoms with Gasteiger partial charge in [-0.25, -0.2) is 4.98 Å². The van der Waals surface area contributed by atoms with Crippen molar-refractivity contribution in [3.8, 4) is 0 Å². The molecule has 0 amide bonds. The molecule has 0 saturated heterocycles. The van der Waals surface area contributed by atoms with Gasteiger partial charge in [0.05, 0.1) is 11.4 Å². The lowest BCUT2D eigenvalue weighted by Gasteiger charge is -2.11. The molecule has 0 bridgehead atoms. The highest BCUT2D eigenvalue weighted by molar-refractivity contribution is 5.09. The van der Waals surface area contributed by atoms with Gasteiger partial charge in [0, 0.05) is 6.54 Å². The Bertz CT molecular complexity index is 274. The van der Waals surface area contributed by atoms with Crippen molar-refractivity contribution in [2.45, 2.75) is 19.4 Å². The Labute approximate surface area is 71.6 Å². The van der Waals surface area contributed by atoms with Gasteiger partial charge in [-0.15, -0.1) is 5.10 Å². The summed E-state index contributed by atoms with van der Waals surface area (Å²) in [5.74, 6) is 0. The Morgan fingerprint density at radius 1 is 1.42 bits per heavy atom. The maximum atomic E-state index is 4.21. The maximum Gasteiger partial charge on any atom is 0.138 e. The van der Waals surface area contributed by atoms with E-state index in [1.807, 2.05) is 0 Å². The van der Waals surface area contributed by atoms with Gasteiger partial charge in [0.15, 0.2) is 0 Å². The van der Waals surface area contributed by atoms with E-state index in [1.54, 1.807) is 0 Å². The van der Waals surface area contributed by atoms with E-state index in [2.05, 4.69) is 27.1 Å². The van der Waals surface area contributed by atoms with Crippen LogP contribution in [0.1, 0.15) is 17.8 Å². The van der Waals surface area contributed by atoms with Gasteiger partial charge < -0.3 is 4.90 Å². The molecule has 0 saturated carbocycles. The summed E-state index contributed by atoms with van der Waals surface area (Å²) in [7, 11) is 2.11. The zero-order valence-corrected chi connectivity index (χ0v) is 7.19. The van der Waals surface area contributed by atoms with Crippen LogP contribution in [0.3, 0.4) is 0 Å². The Morgan fingerprint density at radius 3 is 3.25 bits per heavy atom. The molecule has 1 aromatic heterocycles. The van der Waals surface area contributed by atoms with Crippen LogP contribution < -0.4 is 0 Å². The standard InChI is InChI=1S/C8H12N4/c1-12-4-2-3-7-8(5-12)9-6-10-11-7/h6H,2-5H2,1H3. The minimum absolute atomic E-state index is 0.908. The molecule has 2 rings (SSSR count). The first-order valence-corrected chi connectivity index (χ1v) is 4.20. The van der Waals surface area contributed by atoms with Gasteiger partial charge in [0.2, 0.25) is 0 Å². The van der Waals surface area contributed by atoms with Crippen LogP contribution in [0.5, 0.6) is 0 Å². The minimum atomic E-state index is 0.908. The number of nitrogens with zero attached hydrogens (tertiary/aromatic N) is 4. The predicted octanol–water partition coefficient (Wildman–Crippen LogP) is 0.250. The van der Waals surface area contributed by atoms with Gasteiger partial charge in [-0.1, -0.05) is 0 Å². The molecule has 0 unspecified atom stereocenters. The Morgan fingerprint density at radius 2 is 2.33 bits per heavy atom. The van der Waals surface area contributed by atoms with Crippen LogP contribution in [0.2, 0.25) is 0 Å². The van der Waals surface area contributed by atoms with Crippen molar-refractivity contribution in [2.75, 3.05) is 13.6 Å². The highest BCUT2D eigenvalue weighted by Gasteiger charge is 2.12. The first-order valence-electron chi connectivity index (χ1n) is 4.20. The Kier molecular flexibility index (Phi) is 1.99. The summed E-state index contributed by atoms with van der Waals surface area (Å²) in [5.41, 5.74) is 2.16. The van der Waals surface area contributed by atoms with Crippen molar-refractivity contribution in [1.29, 1.82) is 0 Å². The molecule has 1 aromatic rings. The molecule has 1 aliphatic rings. The summed E-state index contributed by atoms with van der Waals surface area (Å²) in [6, 6.07) is 0. The van der Waals surface area contributed by atoms with Crippen LogP contribution in [0.25, 0.3) is 0 Å². The second-order valence-corrected chi connectivity index (χ2v) is 3.19. The fraction of sp³-hybridized carbons (Fsp3) is 0.625. The second kappa shape index (κ2) is 3.15. The largest absolute Gasteiger partial charge is 0.300 e. The number of aromatic nitrogens is 3. The zero-order valence-electron chi connectivity index (χ0n) is 7.19. The minimum Gasteiger partial charge on any atom is -0.300 e. The van der Waals surface area contributed by atoms with Crippen LogP contribution in [-0.4, -0.2) is 33.7 Å². The van der Waals surface area contributed by atoms with E-state index in [-0.39, 0.29) is 0 Å². The molecule has 0 aliphatic carbocycles. The lowest BCUT2D eigenvalue weighted by Crippen LogP contribution is -2.17. The second-order valence-electron chi connectivity index (χ2n) is 3.19. The van der Waals surface area contributed by atoms with Crippen LogP contribution in [0.15, 0.2) is 6.33 Å². The van der Waals surface area contributed by atoms with Crippen molar-refractivity contribution in [1.82, 2.24) is 20.1 Å². The van der Waals surface area contributed by atoms with Crippen molar-refractivity contribution in [3.05, 3.63) is 17.7 Å². The highest BCUT2D eigenvalue weighted by atomic mass is 15.2. The molecule has 0 N–H and O–H groups in total. The molecule has 4 heteroatoms. The quantitative estimate of drug-likeness (QED) is 0.551. The smallest absolute Gasteiger partial charge is 0.138 e. The maximum absolute atomic E-state index is 4.21. The van der Waals surface area contributed by atoms with Crippen LogP contribution >= 0.6 is 0 Å². The van der Waals surface area contributed by atoms with Gasteiger partial charge in [0.1, 0.15) is 6.33 Å². The van der Waals surface area contributed by atoms with E-state index in [9.17, 15) is 0 Å². The molecular formula is C8H12N4. The van der Waals surface area contributed by atoms with E-state index >= 15 is 0 Å². The third kappa shape index (κ3) is 1.43. The molecule has 0 radical (unpaired) electrons. The first kappa shape index (κ1) is 7.61. The predicted molar refractivity (Wildman–Crippen MR) is 44.5 cm³/mol. The van der Waals surface area contributed by atoms with Crippen molar-refractivity contribution >= 4 is 0 Å². The van der Waals surface area contributed by atoms with Crippen molar-refractivity contribution in [2.24, 2.45) is 0 Å². The van der Waals surface area contributed by atoms with E-state index in [0.29, 0.717) is 0 Å². The number of hydrogen-bond donors (Lipinski definition) is 0. The summed E-state index contributed by atoms with van der Waals surface area (Å²) in [5, 5.41) is 7.86. The summed E-state index contributed by atoms with van der Waals surface area (Å²) >= 11 is 0. The average molecular weight is 164 g/mol. The molecule has 0 aromatic carbocycles. The molecule has 4 nitrogen and oxygen atoms in total. The van der Waals surface area contributed by atoms with Crippen LogP contribution in [0, 0.1) is 0 Å². The summed E-state index contributed by atoms with van der Waals surface area (Å²) in [6.07, 6.45) is 3.70. The number of fused-ring (bicyclic) bond motifs is 1. The molecule has 0 atom stereocenters. The molecule has 0 fully saturated rings. The number of aryl methyl sites for hydroxylation is 1. The van der Waals surface area contributed by atoms with Crippen LogP contribution in [0.4, 0.5) is 0 Å². The lowest BCUT2D eigenvalue weighted by molar-refractivity contribution is 0.329. The van der Waals surface area contributed by atoms with Gasteiger partial charge in [-0.2, -0.15) is 5.10 Å². The highest BCUT2D eigenvalue weighted by Crippen LogP contribution is 2.11. The van der Waals surface area contributed by atoms with E-state index in [4.69, 9.17) is 0 Å². The van der Waals surface area contributed by atoms with Gasteiger partial charge in [-0.05, 0) is 26.4 Å². The fourth-order valence-corrected chi connectivity index (χ4v) is 1.50. The Hall–Kier alpha value is -1.03. The van der Waals surface area contributed by atoms with E-state index < -0.39 is 0 Å². The third-order valence-electron chi connectivity index (χ3n) is 2.15. The fourth-order valence-electron chi connectivity index (χ4n) is 1.50. The topological polar surface area (TPSA) is 41.9 Å². The number of rotatable bonds is 0. The van der Waals surface area contributed by atoms with Gasteiger partial charge in [-0.3, -0.25) is 0 Å². The van der Waals surface area contributed by atoms with E-state index in [0.717, 1.165) is 37.3 Å². The SMILES string of the molecule is CN1CCCc2nncnc2C1. The lowest BCUT2D eigenvalue weighted by atomic mass is 10.2. The molecular weight excluding hydrogens is 152 g/mol. The average Bonchev–Trinajstić information content (AvgIpc) is 2.25. The molecule has 2 heterocycles. The Balaban J connectivity index is 2.31. The summed E-state index contributed by atoms with van der Waals surface area (Å²) in [4.78, 5) is 6.48. The molecule has 1 aliphatic heterocycles. The van der Waals surface area contributed by atoms with Crippen molar-refractivity contribution in [3.63, 3.8) is 0 Å². The normalized spacial score (nSPS) is 18.4. The summed E-state index contributed by atoms with van der Waals surface area (Å²) < 4.78 is 0. The van der Waals surface area contributed by atoms with Crippen molar-refractivity contribution < 1.29 is 0 Å². The monoisotopic (exact) mass is 164 g/mol. The summed E-state index contributed by atoms with van der Waals surface area (Å²) in [6.45, 7) is 2.03. The molecule has 0 spiro atoms. The van der Waals surface area contributed by atoms with Crippen LogP contribution in [-0.2, 0) is 13.0 Å². The molecule has 12 heavy (non-hydrogen) atoms. The molecule has 64 valence electrons. The van der Waals surface area contributed by atoms with Gasteiger partial charge in [0.25, 0.3) is 0 Å².